The molecule has 1 aromatic rings. The van der Waals surface area contributed by atoms with Crippen molar-refractivity contribution in [1.29, 1.82) is 0 Å². The highest BCUT2D eigenvalue weighted by Gasteiger charge is 2.46. The smallest absolute Gasteiger partial charge is 0.276 e. The summed E-state index contributed by atoms with van der Waals surface area (Å²) in [4.78, 5) is 9.75. The number of hydrogen-bond donors (Lipinski definition) is 0. The number of amides is 1. The number of carbonyl (C=O) groups excluding carboxylic acids is 1. The van der Waals surface area contributed by atoms with E-state index in [4.69, 9.17) is 0 Å². The van der Waals surface area contributed by atoms with Crippen LogP contribution in [0.25, 0.3) is 0 Å². The lowest BCUT2D eigenvalue weighted by molar-refractivity contribution is -0.111. The van der Waals surface area contributed by atoms with Crippen LogP contribution >= 0.6 is 0 Å². The van der Waals surface area contributed by atoms with Gasteiger partial charge in [0.2, 0.25) is 6.41 Å². The predicted octanol–water partition coefficient (Wildman–Crippen LogP) is 0.562. The molecule has 0 spiro atoms. The summed E-state index contributed by atoms with van der Waals surface area (Å²) in [5.41, 5.74) is 0. The molecule has 1 aliphatic rings. The molecule has 1 aliphatic heterocycles. The summed E-state index contributed by atoms with van der Waals surface area (Å²) < 4.78 is 46.0. The van der Waals surface area contributed by atoms with Gasteiger partial charge >= 0.3 is 0 Å². The van der Waals surface area contributed by atoms with Crippen LogP contribution in [0.15, 0.2) is 34.1 Å². The topological polar surface area (TPSA) is 88.6 Å². The summed E-state index contributed by atoms with van der Waals surface area (Å²) in [6.45, 7) is 4.00. The second kappa shape index (κ2) is 4.46. The van der Waals surface area contributed by atoms with Crippen molar-refractivity contribution in [1.82, 2.24) is 3.71 Å². The minimum Gasteiger partial charge on any atom is -0.276 e. The van der Waals surface area contributed by atoms with Gasteiger partial charge in [-0.25, -0.2) is 0 Å². The van der Waals surface area contributed by atoms with Crippen molar-refractivity contribution in [2.75, 3.05) is 0 Å². The first-order valence-electron chi connectivity index (χ1n) is 4.76. The highest BCUT2D eigenvalue weighted by molar-refractivity contribution is 8.07. The van der Waals surface area contributed by atoms with Gasteiger partial charge in [-0.3, -0.25) is 4.79 Å². The first kappa shape index (κ1) is 13.7. The van der Waals surface area contributed by atoms with Crippen LogP contribution in [-0.2, 0) is 24.8 Å². The zero-order chi connectivity index (χ0) is 13.3. The second-order valence-electron chi connectivity index (χ2n) is 2.79. The molecular formula is C9H11NO5S2. The third kappa shape index (κ3) is 1.83. The van der Waals surface area contributed by atoms with E-state index in [1.165, 1.54) is 12.1 Å². The number of carbonyl (C=O) groups is 1. The summed E-state index contributed by atoms with van der Waals surface area (Å²) in [6, 6.07) is 5.07. The van der Waals surface area contributed by atoms with E-state index >= 15 is 0 Å². The molecule has 0 aliphatic carbocycles. The van der Waals surface area contributed by atoms with Crippen molar-refractivity contribution in [2.45, 2.75) is 23.6 Å². The standard InChI is InChI=1S/C7H5NO5S2.C2H6/c9-5-8-14(10,11)6-3-1-2-4-7(6)15(8,12)13;1-2/h1-5H;1-2H3. The molecule has 1 heterocycles. The van der Waals surface area contributed by atoms with Crippen molar-refractivity contribution in [3.63, 3.8) is 0 Å². The molecule has 1 aromatic carbocycles. The first-order valence-corrected chi connectivity index (χ1v) is 7.64. The molecule has 0 fully saturated rings. The van der Waals surface area contributed by atoms with E-state index in [9.17, 15) is 21.6 Å². The largest absolute Gasteiger partial charge is 0.281 e. The Hall–Kier alpha value is -1.41. The Morgan fingerprint density at radius 1 is 0.941 bits per heavy atom. The van der Waals surface area contributed by atoms with Crippen LogP contribution in [0.1, 0.15) is 13.8 Å². The van der Waals surface area contributed by atoms with Gasteiger partial charge in [-0.1, -0.05) is 26.0 Å². The third-order valence-electron chi connectivity index (χ3n) is 1.96. The first-order chi connectivity index (χ1) is 7.92. The van der Waals surface area contributed by atoms with E-state index in [0.717, 1.165) is 12.1 Å². The molecule has 6 nitrogen and oxygen atoms in total. The SMILES string of the molecule is CC.O=CN1S(=O)(=O)c2ccccc2S1(=O)=O. The fourth-order valence-corrected chi connectivity index (χ4v) is 5.22. The molecule has 0 unspecified atom stereocenters. The molecule has 8 heteroatoms. The fraction of sp³-hybridized carbons (Fsp3) is 0.222. The Labute approximate surface area is 100.0 Å². The van der Waals surface area contributed by atoms with Crippen LogP contribution < -0.4 is 0 Å². The Morgan fingerprint density at radius 3 is 1.59 bits per heavy atom. The second-order valence-corrected chi connectivity index (χ2v) is 6.59. The predicted molar refractivity (Wildman–Crippen MR) is 60.1 cm³/mol. The van der Waals surface area contributed by atoms with E-state index in [2.05, 4.69) is 0 Å². The maximum Gasteiger partial charge on any atom is 0.281 e. The van der Waals surface area contributed by atoms with Crippen LogP contribution in [0, 0.1) is 0 Å². The number of nitrogens with zero attached hydrogens (tertiary/aromatic N) is 1. The van der Waals surface area contributed by atoms with Crippen LogP contribution in [-0.4, -0.2) is 27.0 Å². The molecule has 0 N–H and O–H groups in total. The number of hydrogen-bond acceptors (Lipinski definition) is 5. The van der Waals surface area contributed by atoms with E-state index in [-0.39, 0.29) is 19.9 Å². The van der Waals surface area contributed by atoms with Crippen molar-refractivity contribution in [3.8, 4) is 0 Å². The van der Waals surface area contributed by atoms with Crippen molar-refractivity contribution in [2.24, 2.45) is 0 Å². The highest BCUT2D eigenvalue weighted by atomic mass is 32.3. The lowest BCUT2D eigenvalue weighted by Gasteiger charge is -2.05. The molecule has 0 radical (unpaired) electrons. The van der Waals surface area contributed by atoms with Gasteiger partial charge in [0, 0.05) is 0 Å². The fourth-order valence-electron chi connectivity index (χ4n) is 1.31. The van der Waals surface area contributed by atoms with Gasteiger partial charge in [-0.2, -0.15) is 16.8 Å². The molecule has 0 saturated heterocycles. The average Bonchev–Trinajstić information content (AvgIpc) is 2.46. The monoisotopic (exact) mass is 277 g/mol. The van der Waals surface area contributed by atoms with Crippen LogP contribution in [0.3, 0.4) is 0 Å². The van der Waals surface area contributed by atoms with Gasteiger partial charge in [-0.05, 0) is 12.1 Å². The number of rotatable bonds is 1. The average molecular weight is 277 g/mol. The van der Waals surface area contributed by atoms with Gasteiger partial charge in [-0.15, -0.1) is 3.71 Å². The molecule has 0 bridgehead atoms. The maximum atomic E-state index is 11.5. The molecule has 0 aromatic heterocycles. The van der Waals surface area contributed by atoms with Crippen molar-refractivity contribution < 1.29 is 21.6 Å². The van der Waals surface area contributed by atoms with Crippen LogP contribution in [0.4, 0.5) is 0 Å². The van der Waals surface area contributed by atoms with E-state index < -0.39 is 20.0 Å². The lowest BCUT2D eigenvalue weighted by Crippen LogP contribution is -2.28. The Bertz CT molecular complexity index is 580. The molecule has 94 valence electrons. The van der Waals surface area contributed by atoms with E-state index in [1.54, 1.807) is 0 Å². The maximum absolute atomic E-state index is 11.5. The van der Waals surface area contributed by atoms with Gasteiger partial charge in [0.25, 0.3) is 20.0 Å². The molecule has 0 saturated carbocycles. The third-order valence-corrected chi connectivity index (χ3v) is 6.21. The summed E-state index contributed by atoms with van der Waals surface area (Å²) in [6.07, 6.45) is -0.218. The number of sulfonamides is 2. The van der Waals surface area contributed by atoms with E-state index in [0.29, 0.717) is 0 Å². The summed E-state index contributed by atoms with van der Waals surface area (Å²) in [7, 11) is -8.45. The summed E-state index contributed by atoms with van der Waals surface area (Å²) in [5, 5.41) is 0. The van der Waals surface area contributed by atoms with Crippen LogP contribution in [0.5, 0.6) is 0 Å². The van der Waals surface area contributed by atoms with Crippen LogP contribution in [0.2, 0.25) is 0 Å². The molecule has 1 amide bonds. The Kier molecular flexibility index (Phi) is 3.58. The quantitative estimate of drug-likeness (QED) is 0.700. The number of fused-ring (bicyclic) bond motifs is 1. The minimum atomic E-state index is -4.23. The van der Waals surface area contributed by atoms with Crippen molar-refractivity contribution >= 4 is 26.5 Å². The van der Waals surface area contributed by atoms with Gasteiger partial charge < -0.3 is 0 Å². The zero-order valence-electron chi connectivity index (χ0n) is 9.19. The molecular weight excluding hydrogens is 266 g/mol. The minimum absolute atomic E-state index is 0.162. The highest BCUT2D eigenvalue weighted by Crippen LogP contribution is 2.34. The Morgan fingerprint density at radius 2 is 1.29 bits per heavy atom. The zero-order valence-corrected chi connectivity index (χ0v) is 10.8. The summed E-state index contributed by atoms with van der Waals surface area (Å²) in [5.74, 6) is 0. The molecule has 17 heavy (non-hydrogen) atoms. The van der Waals surface area contributed by atoms with Gasteiger partial charge in [0.1, 0.15) is 9.79 Å². The number of benzene rings is 1. The van der Waals surface area contributed by atoms with Gasteiger partial charge in [0.15, 0.2) is 0 Å². The van der Waals surface area contributed by atoms with Crippen molar-refractivity contribution in [3.05, 3.63) is 24.3 Å². The molecule has 0 atom stereocenters. The normalized spacial score (nSPS) is 18.8. The summed E-state index contributed by atoms with van der Waals surface area (Å²) >= 11 is 0. The lowest BCUT2D eigenvalue weighted by atomic mass is 10.4. The van der Waals surface area contributed by atoms with E-state index in [1.807, 2.05) is 13.8 Å². The molecule has 2 rings (SSSR count). The van der Waals surface area contributed by atoms with Gasteiger partial charge in [0.05, 0.1) is 0 Å². The Balaban J connectivity index is 0.000000686.